The van der Waals surface area contributed by atoms with Crippen LogP contribution in [0, 0.1) is 0 Å². The highest BCUT2D eigenvalue weighted by atomic mass is 35.5. The number of nitrogens with two attached hydrogens (primary N) is 1. The van der Waals surface area contributed by atoms with Gasteiger partial charge in [0.15, 0.2) is 0 Å². The zero-order valence-corrected chi connectivity index (χ0v) is 11.0. The number of hydrogen-bond donors (Lipinski definition) is 1. The molecule has 0 aliphatic heterocycles. The third kappa shape index (κ3) is 3.65. The van der Waals surface area contributed by atoms with Gasteiger partial charge < -0.3 is 10.5 Å². The summed E-state index contributed by atoms with van der Waals surface area (Å²) in [6.45, 7) is 3.08. The second-order valence-electron chi connectivity index (χ2n) is 3.71. The van der Waals surface area contributed by atoms with Gasteiger partial charge in [-0.3, -0.25) is 0 Å². The highest BCUT2D eigenvalue weighted by Crippen LogP contribution is 2.30. The molecule has 1 rings (SSSR count). The number of halogens is 3. The molecule has 0 aromatic heterocycles. The van der Waals surface area contributed by atoms with Gasteiger partial charge in [0.2, 0.25) is 0 Å². The van der Waals surface area contributed by atoms with Crippen LogP contribution in [0.25, 0.3) is 0 Å². The van der Waals surface area contributed by atoms with Gasteiger partial charge in [0, 0.05) is 11.6 Å². The normalized spacial score (nSPS) is 12.5. The summed E-state index contributed by atoms with van der Waals surface area (Å²) in [6.07, 6.45) is 0. The molecule has 0 aliphatic carbocycles. The predicted octanol–water partition coefficient (Wildman–Crippen LogP) is 2.78. The predicted molar refractivity (Wildman–Crippen MR) is 66.8 cm³/mol. The van der Waals surface area contributed by atoms with Crippen LogP contribution in [0.15, 0.2) is 24.3 Å². The highest BCUT2D eigenvalue weighted by molar-refractivity contribution is 5.85. The number of carbonyl (C=O) groups excluding carboxylic acids is 1. The van der Waals surface area contributed by atoms with E-state index in [1.54, 1.807) is 13.0 Å². The molecule has 1 aromatic rings. The molecule has 0 fully saturated rings. The van der Waals surface area contributed by atoms with Crippen LogP contribution in [-0.2, 0) is 15.5 Å². The van der Waals surface area contributed by atoms with Gasteiger partial charge in [-0.1, -0.05) is 18.2 Å². The van der Waals surface area contributed by atoms with Crippen LogP contribution in [0.5, 0.6) is 0 Å². The summed E-state index contributed by atoms with van der Waals surface area (Å²) in [5.74, 6) is -5.18. The van der Waals surface area contributed by atoms with E-state index in [0.717, 1.165) is 0 Å². The maximum atomic E-state index is 13.7. The number of esters is 1. The first-order chi connectivity index (χ1) is 7.89. The Bertz CT molecular complexity index is 411. The van der Waals surface area contributed by atoms with Crippen LogP contribution in [0.3, 0.4) is 0 Å². The van der Waals surface area contributed by atoms with Gasteiger partial charge >= 0.3 is 11.9 Å². The Balaban J connectivity index is 0.00000289. The molecule has 2 N–H and O–H groups in total. The number of carbonyl (C=O) groups is 1. The number of hydrogen-bond acceptors (Lipinski definition) is 3. The van der Waals surface area contributed by atoms with Gasteiger partial charge in [-0.2, -0.15) is 8.78 Å². The Morgan fingerprint density at radius 1 is 1.50 bits per heavy atom. The molecular weight excluding hydrogens is 264 g/mol. The summed E-state index contributed by atoms with van der Waals surface area (Å²) >= 11 is 0. The Morgan fingerprint density at radius 2 is 2.11 bits per heavy atom. The second kappa shape index (κ2) is 6.66. The lowest BCUT2D eigenvalue weighted by atomic mass is 10.0. The largest absolute Gasteiger partial charge is 0.461 e. The van der Waals surface area contributed by atoms with Crippen LogP contribution in [0.1, 0.15) is 31.0 Å². The van der Waals surface area contributed by atoms with Crippen molar-refractivity contribution in [1.82, 2.24) is 0 Å². The topological polar surface area (TPSA) is 52.3 Å². The molecule has 1 aromatic carbocycles. The zero-order chi connectivity index (χ0) is 13.1. The summed E-state index contributed by atoms with van der Waals surface area (Å²) in [5, 5.41) is 0. The molecule has 6 heteroatoms. The van der Waals surface area contributed by atoms with Crippen LogP contribution in [-0.4, -0.2) is 12.6 Å². The minimum absolute atomic E-state index is 0. The van der Waals surface area contributed by atoms with Crippen molar-refractivity contribution in [3.05, 3.63) is 35.4 Å². The molecule has 1 atom stereocenters. The lowest BCUT2D eigenvalue weighted by Crippen LogP contribution is -2.28. The summed E-state index contributed by atoms with van der Waals surface area (Å²) in [5.41, 5.74) is 5.75. The van der Waals surface area contributed by atoms with Crippen molar-refractivity contribution in [2.75, 3.05) is 6.61 Å². The van der Waals surface area contributed by atoms with Gasteiger partial charge in [0.25, 0.3) is 0 Å². The molecule has 18 heavy (non-hydrogen) atoms. The first-order valence-electron chi connectivity index (χ1n) is 5.30. The maximum absolute atomic E-state index is 13.7. The third-order valence-corrected chi connectivity index (χ3v) is 2.31. The van der Waals surface area contributed by atoms with E-state index < -0.39 is 17.5 Å². The Labute approximate surface area is 111 Å². The lowest BCUT2D eigenvalue weighted by molar-refractivity contribution is -0.173. The fourth-order valence-electron chi connectivity index (χ4n) is 1.36. The second-order valence-corrected chi connectivity index (χ2v) is 3.71. The van der Waals surface area contributed by atoms with E-state index in [4.69, 9.17) is 5.73 Å². The van der Waals surface area contributed by atoms with Gasteiger partial charge in [-0.25, -0.2) is 4.79 Å². The average Bonchev–Trinajstić information content (AvgIpc) is 2.29. The molecule has 0 unspecified atom stereocenters. The maximum Gasteiger partial charge on any atom is 0.381 e. The van der Waals surface area contributed by atoms with Gasteiger partial charge in [0.1, 0.15) is 0 Å². The lowest BCUT2D eigenvalue weighted by Gasteiger charge is -2.16. The molecule has 0 heterocycles. The summed E-state index contributed by atoms with van der Waals surface area (Å²) in [6, 6.07) is 5.12. The van der Waals surface area contributed by atoms with Crippen LogP contribution in [0.2, 0.25) is 0 Å². The zero-order valence-electron chi connectivity index (χ0n) is 10.2. The first kappa shape index (κ1) is 16.8. The minimum Gasteiger partial charge on any atom is -0.461 e. The molecule has 0 spiro atoms. The molecule has 0 saturated heterocycles. The molecular formula is C12H16ClF2NO2. The van der Waals surface area contributed by atoms with Crippen molar-refractivity contribution >= 4 is 18.4 Å². The Morgan fingerprint density at radius 3 is 2.61 bits per heavy atom. The average molecular weight is 280 g/mol. The Hall–Kier alpha value is -1.20. The number of benzene rings is 1. The molecule has 0 bridgehead atoms. The summed E-state index contributed by atoms with van der Waals surface area (Å²) < 4.78 is 31.7. The van der Waals surface area contributed by atoms with E-state index in [2.05, 4.69) is 4.74 Å². The molecule has 0 saturated carbocycles. The standard InChI is InChI=1S/C12H15F2NO2.ClH/c1-3-17-11(16)12(13,14)10-6-4-5-9(7-10)8(2)15;/h4-8H,3,15H2,1-2H3;1H/t8-;/m1./s1. The van der Waals surface area contributed by atoms with Crippen molar-refractivity contribution < 1.29 is 18.3 Å². The quantitative estimate of drug-likeness (QED) is 0.862. The van der Waals surface area contributed by atoms with Gasteiger partial charge in [-0.15, -0.1) is 12.4 Å². The van der Waals surface area contributed by atoms with E-state index in [1.165, 1.54) is 25.1 Å². The summed E-state index contributed by atoms with van der Waals surface area (Å²) in [4.78, 5) is 11.1. The van der Waals surface area contributed by atoms with Crippen LogP contribution >= 0.6 is 12.4 Å². The van der Waals surface area contributed by atoms with Crippen molar-refractivity contribution in [2.45, 2.75) is 25.8 Å². The van der Waals surface area contributed by atoms with Crippen molar-refractivity contribution in [3.8, 4) is 0 Å². The third-order valence-electron chi connectivity index (χ3n) is 2.31. The summed E-state index contributed by atoms with van der Waals surface area (Å²) in [7, 11) is 0. The van der Waals surface area contributed by atoms with Crippen LogP contribution < -0.4 is 5.73 Å². The van der Waals surface area contributed by atoms with E-state index in [-0.39, 0.29) is 25.1 Å². The highest BCUT2D eigenvalue weighted by Gasteiger charge is 2.42. The fraction of sp³-hybridized carbons (Fsp3) is 0.417. The Kier molecular flexibility index (Phi) is 6.21. The minimum atomic E-state index is -3.64. The van der Waals surface area contributed by atoms with Crippen LogP contribution in [0.4, 0.5) is 8.78 Å². The molecule has 3 nitrogen and oxygen atoms in total. The van der Waals surface area contributed by atoms with E-state index in [9.17, 15) is 13.6 Å². The smallest absolute Gasteiger partial charge is 0.381 e. The van der Waals surface area contributed by atoms with Gasteiger partial charge in [0.05, 0.1) is 6.61 Å². The SMILES string of the molecule is CCOC(=O)C(F)(F)c1cccc([C@@H](C)N)c1.Cl. The fourth-order valence-corrected chi connectivity index (χ4v) is 1.36. The number of ether oxygens (including phenoxy) is 1. The molecule has 0 radical (unpaired) electrons. The van der Waals surface area contributed by atoms with E-state index >= 15 is 0 Å². The molecule has 0 aliphatic rings. The monoisotopic (exact) mass is 279 g/mol. The number of rotatable bonds is 4. The molecule has 102 valence electrons. The number of alkyl halides is 2. The molecule has 0 amide bonds. The first-order valence-corrected chi connectivity index (χ1v) is 5.30. The van der Waals surface area contributed by atoms with Crippen molar-refractivity contribution in [1.29, 1.82) is 0 Å². The van der Waals surface area contributed by atoms with E-state index in [1.807, 2.05) is 0 Å². The van der Waals surface area contributed by atoms with Crippen molar-refractivity contribution in [3.63, 3.8) is 0 Å². The van der Waals surface area contributed by atoms with E-state index in [0.29, 0.717) is 5.56 Å². The van der Waals surface area contributed by atoms with Gasteiger partial charge in [-0.05, 0) is 25.5 Å². The van der Waals surface area contributed by atoms with Crippen molar-refractivity contribution in [2.24, 2.45) is 5.73 Å².